The van der Waals surface area contributed by atoms with Crippen molar-refractivity contribution in [1.82, 2.24) is 0 Å². The lowest BCUT2D eigenvalue weighted by molar-refractivity contribution is -0.138. The standard InChI is InChI=1S/C16H13FO4/c17-12-4-1-10(2-5-12)7-13(16(18)19)11-3-6-14-15(8-11)21-9-20-14/h1-6,8,13H,7,9H2,(H,18,19). The molecule has 0 spiro atoms. The third-order valence-corrected chi connectivity index (χ3v) is 3.45. The molecule has 0 radical (unpaired) electrons. The maximum absolute atomic E-state index is 12.9. The molecule has 5 heteroatoms. The number of halogens is 1. The molecule has 3 rings (SSSR count). The summed E-state index contributed by atoms with van der Waals surface area (Å²) in [4.78, 5) is 11.5. The molecule has 0 aliphatic carbocycles. The fourth-order valence-electron chi connectivity index (χ4n) is 2.33. The molecule has 0 bridgehead atoms. The molecule has 4 nitrogen and oxygen atoms in total. The maximum Gasteiger partial charge on any atom is 0.311 e. The average molecular weight is 288 g/mol. The van der Waals surface area contributed by atoms with Crippen LogP contribution in [0.15, 0.2) is 42.5 Å². The van der Waals surface area contributed by atoms with E-state index >= 15 is 0 Å². The Morgan fingerprint density at radius 3 is 2.57 bits per heavy atom. The maximum atomic E-state index is 12.9. The summed E-state index contributed by atoms with van der Waals surface area (Å²) in [5.74, 6) is -0.820. The molecule has 1 N–H and O–H groups in total. The summed E-state index contributed by atoms with van der Waals surface area (Å²) in [5.41, 5.74) is 1.40. The fraction of sp³-hybridized carbons (Fsp3) is 0.188. The van der Waals surface area contributed by atoms with Gasteiger partial charge in [-0.15, -0.1) is 0 Å². The minimum absolute atomic E-state index is 0.147. The summed E-state index contributed by atoms with van der Waals surface area (Å²) in [5, 5.41) is 9.44. The van der Waals surface area contributed by atoms with Crippen molar-refractivity contribution in [3.05, 3.63) is 59.4 Å². The predicted molar refractivity (Wildman–Crippen MR) is 73.0 cm³/mol. The van der Waals surface area contributed by atoms with E-state index in [0.717, 1.165) is 5.56 Å². The molecule has 2 aromatic rings. The Kier molecular flexibility index (Phi) is 3.48. The molecule has 21 heavy (non-hydrogen) atoms. The molecule has 1 aliphatic heterocycles. The van der Waals surface area contributed by atoms with Gasteiger partial charge in [0.15, 0.2) is 11.5 Å². The van der Waals surface area contributed by atoms with E-state index in [4.69, 9.17) is 9.47 Å². The van der Waals surface area contributed by atoms with E-state index in [1.54, 1.807) is 30.3 Å². The fourth-order valence-corrected chi connectivity index (χ4v) is 2.33. The summed E-state index contributed by atoms with van der Waals surface area (Å²) in [6.45, 7) is 0.147. The van der Waals surface area contributed by atoms with Crippen LogP contribution in [0, 0.1) is 5.82 Å². The van der Waals surface area contributed by atoms with Gasteiger partial charge >= 0.3 is 5.97 Å². The molecule has 1 aliphatic rings. The van der Waals surface area contributed by atoms with Crippen LogP contribution < -0.4 is 9.47 Å². The van der Waals surface area contributed by atoms with Crippen LogP contribution in [0.4, 0.5) is 4.39 Å². The number of hydrogen-bond acceptors (Lipinski definition) is 3. The van der Waals surface area contributed by atoms with Crippen LogP contribution >= 0.6 is 0 Å². The topological polar surface area (TPSA) is 55.8 Å². The van der Waals surface area contributed by atoms with E-state index in [9.17, 15) is 14.3 Å². The molecule has 1 heterocycles. The van der Waals surface area contributed by atoms with Gasteiger partial charge in [-0.25, -0.2) is 4.39 Å². The average Bonchev–Trinajstić information content (AvgIpc) is 2.93. The van der Waals surface area contributed by atoms with Crippen molar-refractivity contribution in [3.8, 4) is 11.5 Å². The Morgan fingerprint density at radius 1 is 1.14 bits per heavy atom. The molecule has 0 aromatic heterocycles. The highest BCUT2D eigenvalue weighted by molar-refractivity contribution is 5.77. The van der Waals surface area contributed by atoms with Gasteiger partial charge in [-0.05, 0) is 41.8 Å². The van der Waals surface area contributed by atoms with Crippen molar-refractivity contribution >= 4 is 5.97 Å². The molecule has 0 saturated carbocycles. The van der Waals surface area contributed by atoms with E-state index < -0.39 is 11.9 Å². The lowest BCUT2D eigenvalue weighted by Crippen LogP contribution is -2.14. The van der Waals surface area contributed by atoms with Gasteiger partial charge in [0.25, 0.3) is 0 Å². The number of ether oxygens (including phenoxy) is 2. The second-order valence-corrected chi connectivity index (χ2v) is 4.83. The second kappa shape index (κ2) is 5.44. The van der Waals surface area contributed by atoms with Crippen LogP contribution in [0.5, 0.6) is 11.5 Å². The van der Waals surface area contributed by atoms with Crippen LogP contribution in [0.2, 0.25) is 0 Å². The lowest BCUT2D eigenvalue weighted by atomic mass is 9.92. The number of fused-ring (bicyclic) bond motifs is 1. The van der Waals surface area contributed by atoms with Crippen molar-refractivity contribution in [2.24, 2.45) is 0 Å². The number of aliphatic carboxylic acids is 1. The third-order valence-electron chi connectivity index (χ3n) is 3.45. The summed E-state index contributed by atoms with van der Waals surface area (Å²) >= 11 is 0. The van der Waals surface area contributed by atoms with Gasteiger partial charge in [0.2, 0.25) is 6.79 Å². The highest BCUT2D eigenvalue weighted by Crippen LogP contribution is 2.35. The first-order valence-electron chi connectivity index (χ1n) is 6.50. The molecule has 1 unspecified atom stereocenters. The molecule has 0 saturated heterocycles. The van der Waals surface area contributed by atoms with Crippen LogP contribution in [0.3, 0.4) is 0 Å². The molecule has 108 valence electrons. The smallest absolute Gasteiger partial charge is 0.311 e. The van der Waals surface area contributed by atoms with E-state index in [0.29, 0.717) is 17.1 Å². The SMILES string of the molecule is O=C(O)C(Cc1ccc(F)cc1)c1ccc2c(c1)OCO2. The Bertz CT molecular complexity index is 666. The molecular weight excluding hydrogens is 275 g/mol. The first kappa shape index (κ1) is 13.4. The van der Waals surface area contributed by atoms with Gasteiger partial charge in [0.05, 0.1) is 5.92 Å². The minimum atomic E-state index is -0.932. The zero-order valence-electron chi connectivity index (χ0n) is 11.1. The van der Waals surface area contributed by atoms with Gasteiger partial charge in [-0.1, -0.05) is 18.2 Å². The van der Waals surface area contributed by atoms with Crippen molar-refractivity contribution in [1.29, 1.82) is 0 Å². The van der Waals surface area contributed by atoms with Crippen molar-refractivity contribution in [3.63, 3.8) is 0 Å². The first-order chi connectivity index (χ1) is 10.1. The van der Waals surface area contributed by atoms with E-state index in [-0.39, 0.29) is 19.0 Å². The number of rotatable bonds is 4. The molecule has 0 fully saturated rings. The van der Waals surface area contributed by atoms with Gasteiger partial charge in [0, 0.05) is 0 Å². The second-order valence-electron chi connectivity index (χ2n) is 4.83. The Balaban J connectivity index is 1.87. The van der Waals surface area contributed by atoms with Crippen molar-refractivity contribution in [2.75, 3.05) is 6.79 Å². The Morgan fingerprint density at radius 2 is 1.86 bits per heavy atom. The van der Waals surface area contributed by atoms with Crippen LogP contribution in [0.25, 0.3) is 0 Å². The van der Waals surface area contributed by atoms with Crippen molar-refractivity contribution < 1.29 is 23.8 Å². The molecule has 1 atom stereocenters. The van der Waals surface area contributed by atoms with Gasteiger partial charge in [-0.2, -0.15) is 0 Å². The van der Waals surface area contributed by atoms with Gasteiger partial charge in [-0.3, -0.25) is 4.79 Å². The van der Waals surface area contributed by atoms with E-state index in [2.05, 4.69) is 0 Å². The molecule has 0 amide bonds. The Hall–Kier alpha value is -2.56. The van der Waals surface area contributed by atoms with E-state index in [1.165, 1.54) is 12.1 Å². The molecular formula is C16H13FO4. The predicted octanol–water partition coefficient (Wildman–Crippen LogP) is 2.97. The number of benzene rings is 2. The van der Waals surface area contributed by atoms with Crippen molar-refractivity contribution in [2.45, 2.75) is 12.3 Å². The minimum Gasteiger partial charge on any atom is -0.481 e. The molecule has 2 aromatic carbocycles. The van der Waals surface area contributed by atoms with Gasteiger partial charge in [0.1, 0.15) is 5.82 Å². The third kappa shape index (κ3) is 2.81. The van der Waals surface area contributed by atoms with Crippen LogP contribution in [-0.2, 0) is 11.2 Å². The van der Waals surface area contributed by atoms with Crippen LogP contribution in [-0.4, -0.2) is 17.9 Å². The first-order valence-corrected chi connectivity index (χ1v) is 6.50. The Labute approximate surface area is 120 Å². The zero-order chi connectivity index (χ0) is 14.8. The summed E-state index contributed by atoms with van der Waals surface area (Å²) < 4.78 is 23.4. The largest absolute Gasteiger partial charge is 0.481 e. The highest BCUT2D eigenvalue weighted by Gasteiger charge is 2.23. The quantitative estimate of drug-likeness (QED) is 0.939. The monoisotopic (exact) mass is 288 g/mol. The van der Waals surface area contributed by atoms with E-state index in [1.807, 2.05) is 0 Å². The number of carboxylic acid groups (broad SMARTS) is 1. The zero-order valence-corrected chi connectivity index (χ0v) is 11.1. The number of carboxylic acids is 1. The summed E-state index contributed by atoms with van der Waals surface area (Å²) in [6, 6.07) is 11.0. The lowest BCUT2D eigenvalue weighted by Gasteiger charge is -2.13. The number of carbonyl (C=O) groups is 1. The van der Waals surface area contributed by atoms with Gasteiger partial charge < -0.3 is 14.6 Å². The summed E-state index contributed by atoms with van der Waals surface area (Å²) in [6.07, 6.45) is 0.287. The highest BCUT2D eigenvalue weighted by atomic mass is 19.1. The summed E-state index contributed by atoms with van der Waals surface area (Å²) in [7, 11) is 0. The van der Waals surface area contributed by atoms with Crippen LogP contribution in [0.1, 0.15) is 17.0 Å². The normalized spacial score (nSPS) is 14.0. The number of hydrogen-bond donors (Lipinski definition) is 1.